The molecule has 0 aromatic carbocycles. The highest BCUT2D eigenvalue weighted by Gasteiger charge is 2.55. The number of H-pyrrole nitrogens is 1. The molecule has 2 amide bonds. The van der Waals surface area contributed by atoms with Crippen LogP contribution in [0.25, 0.3) is 0 Å². The lowest BCUT2D eigenvalue weighted by atomic mass is 9.97. The van der Waals surface area contributed by atoms with Crippen LogP contribution in [-0.4, -0.2) is 140 Å². The predicted octanol–water partition coefficient (Wildman–Crippen LogP) is 0.756. The van der Waals surface area contributed by atoms with Crippen LogP contribution in [0.2, 0.25) is 0 Å². The Labute approximate surface area is 334 Å². The molecule has 0 radical (unpaired) electrons. The van der Waals surface area contributed by atoms with Gasteiger partial charge in [-0.05, 0) is 45.2 Å². The van der Waals surface area contributed by atoms with Gasteiger partial charge < -0.3 is 50.6 Å². The van der Waals surface area contributed by atoms with Gasteiger partial charge in [0.05, 0.1) is 0 Å². The Morgan fingerprint density at radius 1 is 0.912 bits per heavy atom. The van der Waals surface area contributed by atoms with Crippen LogP contribution in [0.15, 0.2) is 45.8 Å². The topological polar surface area (TPSA) is 242 Å². The quantitative estimate of drug-likeness (QED) is 0.0598. The maximum atomic E-state index is 14.3. The number of nitrogens with one attached hydrogen (secondary N) is 2. The van der Waals surface area contributed by atoms with Crippen molar-refractivity contribution >= 4 is 11.8 Å². The Bertz CT molecular complexity index is 1580. The molecule has 17 heteroatoms. The summed E-state index contributed by atoms with van der Waals surface area (Å²) in [5.41, 5.74) is 4.20. The molecule has 2 fully saturated rings. The second kappa shape index (κ2) is 23.4. The number of aromatic nitrogens is 2. The summed E-state index contributed by atoms with van der Waals surface area (Å²) >= 11 is 0. The number of aromatic amines is 1. The zero-order valence-corrected chi connectivity index (χ0v) is 33.7. The summed E-state index contributed by atoms with van der Waals surface area (Å²) in [5, 5.41) is 46.6. The van der Waals surface area contributed by atoms with Crippen LogP contribution in [0.4, 0.5) is 0 Å². The minimum absolute atomic E-state index is 0.0634. The summed E-state index contributed by atoms with van der Waals surface area (Å²) < 4.78 is 18.7. The van der Waals surface area contributed by atoms with E-state index < -0.39 is 84.4 Å². The van der Waals surface area contributed by atoms with Gasteiger partial charge in [-0.3, -0.25) is 28.8 Å². The molecule has 0 bridgehead atoms. The number of ether oxygens (including phenoxy) is 3. The number of hydrogen-bond donors (Lipinski definition) is 7. The number of hydrogen-bond acceptors (Lipinski definition) is 13. The van der Waals surface area contributed by atoms with E-state index >= 15 is 0 Å². The molecule has 0 aliphatic carbocycles. The Hall–Kier alpha value is -3.26. The van der Waals surface area contributed by atoms with Crippen LogP contribution in [0.5, 0.6) is 0 Å². The molecule has 0 saturated carbocycles. The van der Waals surface area contributed by atoms with Crippen molar-refractivity contribution in [3.63, 3.8) is 0 Å². The molecular formula is C40H66N6O11. The first kappa shape index (κ1) is 46.4. The number of unbranched alkanes of at least 4 members (excludes halogenated alkanes) is 12. The Kier molecular flexibility index (Phi) is 19.0. The van der Waals surface area contributed by atoms with Gasteiger partial charge in [0.2, 0.25) is 5.91 Å². The molecular weight excluding hydrogens is 740 g/mol. The number of aliphatic hydroxyl groups excluding tert-OH is 4. The molecule has 10 atom stereocenters. The van der Waals surface area contributed by atoms with Crippen molar-refractivity contribution in [3.05, 3.63) is 57.0 Å². The van der Waals surface area contributed by atoms with E-state index in [1.165, 1.54) is 69.7 Å². The Morgan fingerprint density at radius 2 is 1.54 bits per heavy atom. The lowest BCUT2D eigenvalue weighted by molar-refractivity contribution is -0.232. The number of aliphatic hydroxyl groups is 4. The van der Waals surface area contributed by atoms with Crippen LogP contribution in [0.1, 0.15) is 103 Å². The van der Waals surface area contributed by atoms with Gasteiger partial charge in [0, 0.05) is 38.9 Å². The van der Waals surface area contributed by atoms with E-state index in [0.29, 0.717) is 6.54 Å². The van der Waals surface area contributed by atoms with Gasteiger partial charge in [0.15, 0.2) is 12.5 Å². The molecule has 1 aromatic rings. The number of carbonyl (C=O) groups is 2. The summed E-state index contributed by atoms with van der Waals surface area (Å²) in [6.07, 6.45) is 10.2. The minimum atomic E-state index is -1.75. The van der Waals surface area contributed by atoms with Gasteiger partial charge in [-0.1, -0.05) is 76.9 Å². The zero-order valence-electron chi connectivity index (χ0n) is 33.7. The third kappa shape index (κ3) is 12.6. The van der Waals surface area contributed by atoms with Crippen LogP contribution in [0.3, 0.4) is 0 Å². The molecule has 3 aliphatic rings. The predicted molar refractivity (Wildman–Crippen MR) is 212 cm³/mol. The van der Waals surface area contributed by atoms with E-state index in [0.717, 1.165) is 48.9 Å². The summed E-state index contributed by atoms with van der Waals surface area (Å²) in [4.78, 5) is 56.8. The van der Waals surface area contributed by atoms with Crippen LogP contribution >= 0.6 is 0 Å². The van der Waals surface area contributed by atoms with E-state index in [9.17, 15) is 39.6 Å². The van der Waals surface area contributed by atoms with Gasteiger partial charge in [-0.15, -0.1) is 0 Å². The SMILES string of the molecule is CCCCCCCC/C=C/CCCCCCCCNC(=O)C1=CCN(C)[C@@H]([C@H](O[C@@H]2O[C@H](CN)[C@@H](O)[C@H]2O)[C@H]2O[C@@H](n3ccc(=O)[nH]c3=O)[C@H](O)[C@@H]2O)C(=O)N1C. The van der Waals surface area contributed by atoms with Gasteiger partial charge in [-0.2, -0.15) is 0 Å². The van der Waals surface area contributed by atoms with Gasteiger partial charge in [-0.25, -0.2) is 4.79 Å². The lowest BCUT2D eigenvalue weighted by Crippen LogP contribution is -2.59. The fraction of sp³-hybridized carbons (Fsp3) is 0.750. The summed E-state index contributed by atoms with van der Waals surface area (Å²) in [7, 11) is 3.02. The van der Waals surface area contributed by atoms with Crippen molar-refractivity contribution in [1.82, 2.24) is 24.7 Å². The smallest absolute Gasteiger partial charge is 0.330 e. The molecule has 3 aliphatic heterocycles. The van der Waals surface area contributed by atoms with Crippen molar-refractivity contribution in [2.24, 2.45) is 5.73 Å². The number of rotatable bonds is 23. The molecule has 322 valence electrons. The number of likely N-dealkylation sites (N-methyl/N-ethyl adjacent to an activating group) is 2. The average molecular weight is 807 g/mol. The largest absolute Gasteiger partial charge is 0.387 e. The van der Waals surface area contributed by atoms with E-state index in [1.54, 1.807) is 18.0 Å². The maximum absolute atomic E-state index is 14.3. The highest BCUT2D eigenvalue weighted by atomic mass is 16.7. The van der Waals surface area contributed by atoms with Crippen molar-refractivity contribution in [2.45, 2.75) is 158 Å². The van der Waals surface area contributed by atoms with E-state index in [4.69, 9.17) is 19.9 Å². The summed E-state index contributed by atoms with van der Waals surface area (Å²) in [6.45, 7) is 2.57. The fourth-order valence-electron chi connectivity index (χ4n) is 7.61. The van der Waals surface area contributed by atoms with Gasteiger partial charge >= 0.3 is 5.69 Å². The van der Waals surface area contributed by atoms with E-state index in [2.05, 4.69) is 29.4 Å². The standard InChI is InChI=1S/C40H66N6O11/c1-4-5-6-7-8-9-10-11-12-13-14-15-16-17-18-19-22-42-36(52)26-20-23-44(2)29(37(53)45(26)3)34(57-39-33(51)30(48)27(25-41)55-39)35-31(49)32(50)38(56-35)46-24-21-28(47)43-40(46)54/h11-12,20-21,24,27,29-35,38-39,48-51H,4-10,13-19,22-23,25,41H2,1-3H3,(H,42,52)(H,43,47,54)/b12-11+/t27-,29+,30-,31+,32-,33-,34+,35+,38-,39+/m1/s1. The van der Waals surface area contributed by atoms with E-state index in [-0.39, 0.29) is 18.8 Å². The van der Waals surface area contributed by atoms with Crippen molar-refractivity contribution in [3.8, 4) is 0 Å². The highest BCUT2D eigenvalue weighted by Crippen LogP contribution is 2.36. The van der Waals surface area contributed by atoms with E-state index in [1.807, 2.05) is 0 Å². The number of allylic oxidation sites excluding steroid dienone is 2. The first-order chi connectivity index (χ1) is 27.4. The monoisotopic (exact) mass is 806 g/mol. The number of nitrogens with two attached hydrogens (primary N) is 1. The molecule has 4 rings (SSSR count). The first-order valence-electron chi connectivity index (χ1n) is 20.7. The third-order valence-electron chi connectivity index (χ3n) is 11.1. The molecule has 2 saturated heterocycles. The highest BCUT2D eigenvalue weighted by molar-refractivity contribution is 5.99. The van der Waals surface area contributed by atoms with Gasteiger partial charge in [0.1, 0.15) is 54.5 Å². The third-order valence-corrected chi connectivity index (χ3v) is 11.1. The number of carbonyl (C=O) groups excluding carboxylic acids is 2. The van der Waals surface area contributed by atoms with Crippen molar-refractivity contribution in [1.29, 1.82) is 0 Å². The first-order valence-corrected chi connectivity index (χ1v) is 20.7. The number of nitrogens with zero attached hydrogens (tertiary/aromatic N) is 3. The second-order valence-corrected chi connectivity index (χ2v) is 15.4. The Morgan fingerprint density at radius 3 is 2.16 bits per heavy atom. The second-order valence-electron chi connectivity index (χ2n) is 15.4. The molecule has 17 nitrogen and oxygen atoms in total. The van der Waals surface area contributed by atoms with Crippen molar-refractivity contribution in [2.75, 3.05) is 33.7 Å². The van der Waals surface area contributed by atoms with Crippen LogP contribution in [-0.2, 0) is 23.8 Å². The van der Waals surface area contributed by atoms with Crippen LogP contribution in [0, 0.1) is 0 Å². The zero-order chi connectivity index (χ0) is 41.5. The minimum Gasteiger partial charge on any atom is -0.387 e. The van der Waals surface area contributed by atoms with Crippen molar-refractivity contribution < 1.29 is 44.2 Å². The molecule has 0 unspecified atom stereocenters. The molecule has 1 aromatic heterocycles. The molecule has 8 N–H and O–H groups in total. The average Bonchev–Trinajstić information content (AvgIpc) is 3.59. The normalized spacial score (nSPS) is 28.9. The van der Waals surface area contributed by atoms with Gasteiger partial charge in [0.25, 0.3) is 11.5 Å². The molecule has 57 heavy (non-hydrogen) atoms. The summed E-state index contributed by atoms with van der Waals surface area (Å²) in [6, 6.07) is -0.272. The number of amides is 2. The lowest BCUT2D eigenvalue weighted by Gasteiger charge is -2.38. The summed E-state index contributed by atoms with van der Waals surface area (Å²) in [5.74, 6) is -1.09. The van der Waals surface area contributed by atoms with Crippen LogP contribution < -0.4 is 22.3 Å². The Balaban J connectivity index is 1.32. The molecule has 4 heterocycles. The fourth-order valence-corrected chi connectivity index (χ4v) is 7.61. The maximum Gasteiger partial charge on any atom is 0.330 e. The molecule has 0 spiro atoms.